The Morgan fingerprint density at radius 3 is 2.73 bits per heavy atom. The van der Waals surface area contributed by atoms with E-state index in [0.29, 0.717) is 23.5 Å². The Bertz CT molecular complexity index is 1180. The van der Waals surface area contributed by atoms with Crippen molar-refractivity contribution < 1.29 is 13.2 Å². The Balaban J connectivity index is 1.75. The highest BCUT2D eigenvalue weighted by molar-refractivity contribution is 7.89. The van der Waals surface area contributed by atoms with E-state index in [2.05, 4.69) is 15.6 Å². The van der Waals surface area contributed by atoms with Gasteiger partial charge in [-0.2, -0.15) is 4.31 Å². The predicted molar refractivity (Wildman–Crippen MR) is 113 cm³/mol. The summed E-state index contributed by atoms with van der Waals surface area (Å²) in [7, 11) is -2.15. The van der Waals surface area contributed by atoms with E-state index in [9.17, 15) is 13.2 Å². The number of fused-ring (bicyclic) bond motifs is 1. The predicted octanol–water partition coefficient (Wildman–Crippen LogP) is 2.48. The molecule has 1 aliphatic heterocycles. The molecule has 0 aliphatic carbocycles. The minimum Gasteiger partial charge on any atom is -0.355 e. The van der Waals surface area contributed by atoms with Crippen LogP contribution >= 0.6 is 11.6 Å². The largest absolute Gasteiger partial charge is 0.355 e. The Morgan fingerprint density at radius 1 is 1.20 bits per heavy atom. The zero-order chi connectivity index (χ0) is 21.3. The fourth-order valence-electron chi connectivity index (χ4n) is 3.67. The molecular weight excluding hydrogens is 426 g/mol. The minimum atomic E-state index is -3.94. The summed E-state index contributed by atoms with van der Waals surface area (Å²) in [4.78, 5) is 12.8. The molecule has 0 saturated carbocycles. The zero-order valence-corrected chi connectivity index (χ0v) is 18.0. The molecule has 1 N–H and O–H groups in total. The SMILES string of the molecule is Cn1nnc2cc(CN([C@@H]3CCCCNC3=O)S(=O)(=O)c3ccc(Cl)cc3)ccc21. The lowest BCUT2D eigenvalue weighted by Crippen LogP contribution is -2.48. The van der Waals surface area contributed by atoms with Gasteiger partial charge in [0.2, 0.25) is 15.9 Å². The van der Waals surface area contributed by atoms with Gasteiger partial charge in [-0.05, 0) is 61.2 Å². The van der Waals surface area contributed by atoms with Crippen molar-refractivity contribution >= 4 is 38.6 Å². The Kier molecular flexibility index (Phi) is 5.77. The van der Waals surface area contributed by atoms with Crippen LogP contribution < -0.4 is 5.32 Å². The number of rotatable bonds is 5. The smallest absolute Gasteiger partial charge is 0.244 e. The molecule has 1 aliphatic rings. The van der Waals surface area contributed by atoms with Crippen molar-refractivity contribution in [1.82, 2.24) is 24.6 Å². The summed E-state index contributed by atoms with van der Waals surface area (Å²) in [5, 5.41) is 11.4. The zero-order valence-electron chi connectivity index (χ0n) is 16.5. The molecule has 1 atom stereocenters. The van der Waals surface area contributed by atoms with E-state index in [-0.39, 0.29) is 17.3 Å². The molecule has 0 spiro atoms. The van der Waals surface area contributed by atoms with Gasteiger partial charge in [-0.3, -0.25) is 4.79 Å². The second-order valence-corrected chi connectivity index (χ2v) is 9.67. The van der Waals surface area contributed by atoms with E-state index in [1.807, 2.05) is 12.1 Å². The van der Waals surface area contributed by atoms with Gasteiger partial charge in [-0.15, -0.1) is 5.10 Å². The molecule has 1 fully saturated rings. The number of aromatic nitrogens is 3. The Hall–Kier alpha value is -2.49. The fourth-order valence-corrected chi connectivity index (χ4v) is 5.40. The fraction of sp³-hybridized carbons (Fsp3) is 0.350. The third-order valence-corrected chi connectivity index (χ3v) is 7.41. The number of hydrogen-bond acceptors (Lipinski definition) is 5. The third-order valence-electron chi connectivity index (χ3n) is 5.29. The van der Waals surface area contributed by atoms with Crippen molar-refractivity contribution in [2.24, 2.45) is 7.05 Å². The number of amides is 1. The summed E-state index contributed by atoms with van der Waals surface area (Å²) in [6, 6.07) is 10.7. The first-order chi connectivity index (χ1) is 14.4. The van der Waals surface area contributed by atoms with Crippen LogP contribution in [0.15, 0.2) is 47.4 Å². The van der Waals surface area contributed by atoms with Crippen molar-refractivity contribution in [1.29, 1.82) is 0 Å². The van der Waals surface area contributed by atoms with Crippen LogP contribution in [0.2, 0.25) is 5.02 Å². The molecule has 10 heteroatoms. The third kappa shape index (κ3) is 4.05. The summed E-state index contributed by atoms with van der Waals surface area (Å²) in [5.41, 5.74) is 2.25. The second-order valence-electron chi connectivity index (χ2n) is 7.34. The lowest BCUT2D eigenvalue weighted by molar-refractivity contribution is -0.124. The van der Waals surface area contributed by atoms with Gasteiger partial charge in [0.15, 0.2) is 0 Å². The minimum absolute atomic E-state index is 0.0512. The second kappa shape index (κ2) is 8.33. The summed E-state index contributed by atoms with van der Waals surface area (Å²) in [5.74, 6) is -0.273. The van der Waals surface area contributed by atoms with E-state index in [4.69, 9.17) is 11.6 Å². The highest BCUT2D eigenvalue weighted by atomic mass is 35.5. The van der Waals surface area contributed by atoms with Crippen molar-refractivity contribution in [3.05, 3.63) is 53.1 Å². The molecule has 1 saturated heterocycles. The molecule has 1 aromatic heterocycles. The number of halogens is 1. The number of hydrogen-bond donors (Lipinski definition) is 1. The maximum Gasteiger partial charge on any atom is 0.244 e. The van der Waals surface area contributed by atoms with Gasteiger partial charge < -0.3 is 5.32 Å². The first-order valence-electron chi connectivity index (χ1n) is 9.70. The normalized spacial score (nSPS) is 17.8. The molecule has 4 rings (SSSR count). The maximum atomic E-state index is 13.5. The highest BCUT2D eigenvalue weighted by Gasteiger charge is 2.36. The van der Waals surface area contributed by atoms with Crippen LogP contribution in [-0.4, -0.2) is 46.2 Å². The quantitative estimate of drug-likeness (QED) is 0.648. The topological polar surface area (TPSA) is 97.2 Å². The Morgan fingerprint density at radius 2 is 1.97 bits per heavy atom. The summed E-state index contributed by atoms with van der Waals surface area (Å²) in [6.07, 6.45) is 2.05. The van der Waals surface area contributed by atoms with E-state index in [0.717, 1.165) is 23.9 Å². The van der Waals surface area contributed by atoms with Gasteiger partial charge in [0.1, 0.15) is 11.6 Å². The van der Waals surface area contributed by atoms with Crippen LogP contribution in [0.4, 0.5) is 0 Å². The monoisotopic (exact) mass is 447 g/mol. The van der Waals surface area contributed by atoms with Crippen molar-refractivity contribution in [2.45, 2.75) is 36.7 Å². The number of nitrogens with one attached hydrogen (secondary N) is 1. The van der Waals surface area contributed by atoms with Crippen LogP contribution in [0.25, 0.3) is 11.0 Å². The first-order valence-corrected chi connectivity index (χ1v) is 11.5. The van der Waals surface area contributed by atoms with Crippen LogP contribution in [0.1, 0.15) is 24.8 Å². The van der Waals surface area contributed by atoms with E-state index < -0.39 is 16.1 Å². The highest BCUT2D eigenvalue weighted by Crippen LogP contribution is 2.26. The molecule has 1 amide bonds. The van der Waals surface area contributed by atoms with Gasteiger partial charge in [-0.1, -0.05) is 22.9 Å². The van der Waals surface area contributed by atoms with E-state index in [1.165, 1.54) is 28.6 Å². The number of carbonyl (C=O) groups excluding carboxylic acids is 1. The van der Waals surface area contributed by atoms with Gasteiger partial charge in [0.05, 0.1) is 10.4 Å². The number of sulfonamides is 1. The maximum absolute atomic E-state index is 13.5. The molecule has 2 heterocycles. The molecule has 8 nitrogen and oxygen atoms in total. The molecule has 0 unspecified atom stereocenters. The van der Waals surface area contributed by atoms with Crippen molar-refractivity contribution in [3.8, 4) is 0 Å². The van der Waals surface area contributed by atoms with Gasteiger partial charge in [0.25, 0.3) is 0 Å². The van der Waals surface area contributed by atoms with E-state index in [1.54, 1.807) is 17.8 Å². The number of aryl methyl sites for hydroxylation is 1. The average Bonchev–Trinajstić information content (AvgIpc) is 2.95. The molecule has 0 bridgehead atoms. The molecule has 158 valence electrons. The number of carbonyl (C=O) groups is 1. The number of benzene rings is 2. The summed E-state index contributed by atoms with van der Waals surface area (Å²) < 4.78 is 30.0. The van der Waals surface area contributed by atoms with Crippen LogP contribution in [-0.2, 0) is 28.4 Å². The van der Waals surface area contributed by atoms with Crippen molar-refractivity contribution in [2.75, 3.05) is 6.54 Å². The van der Waals surface area contributed by atoms with Gasteiger partial charge >= 0.3 is 0 Å². The Labute approximate surface area is 179 Å². The van der Waals surface area contributed by atoms with Crippen molar-refractivity contribution in [3.63, 3.8) is 0 Å². The molecule has 2 aromatic carbocycles. The van der Waals surface area contributed by atoms with Crippen LogP contribution in [0, 0.1) is 0 Å². The van der Waals surface area contributed by atoms with Crippen LogP contribution in [0.5, 0.6) is 0 Å². The standard InChI is InChI=1S/C20H22ClN5O3S/c1-25-18-10-5-14(12-17(18)23-24-25)13-26(19-4-2-3-11-22-20(19)27)30(28,29)16-8-6-15(21)7-9-16/h5-10,12,19H,2-4,11,13H2,1H3,(H,22,27)/t19-/m1/s1. The van der Waals surface area contributed by atoms with E-state index >= 15 is 0 Å². The molecule has 30 heavy (non-hydrogen) atoms. The molecule has 3 aromatic rings. The van der Waals surface area contributed by atoms with Crippen LogP contribution in [0.3, 0.4) is 0 Å². The molecule has 0 radical (unpaired) electrons. The summed E-state index contributed by atoms with van der Waals surface area (Å²) in [6.45, 7) is 0.602. The van der Waals surface area contributed by atoms with Gasteiger partial charge in [0, 0.05) is 25.2 Å². The lowest BCUT2D eigenvalue weighted by atomic mass is 10.1. The van der Waals surface area contributed by atoms with Gasteiger partial charge in [-0.25, -0.2) is 13.1 Å². The number of nitrogens with zero attached hydrogens (tertiary/aromatic N) is 4. The lowest BCUT2D eigenvalue weighted by Gasteiger charge is -2.29. The molecular formula is C20H22ClN5O3S. The summed E-state index contributed by atoms with van der Waals surface area (Å²) >= 11 is 5.93. The average molecular weight is 448 g/mol. The first kappa shape index (κ1) is 20.8.